The molecular formula is C16H25NO2. The van der Waals surface area contributed by atoms with E-state index in [0.717, 1.165) is 25.0 Å². The van der Waals surface area contributed by atoms with Gasteiger partial charge in [0, 0.05) is 12.1 Å². The summed E-state index contributed by atoms with van der Waals surface area (Å²) in [5.41, 5.74) is 1.24. The number of nitrogens with one attached hydrogen (secondary N) is 1. The van der Waals surface area contributed by atoms with Crippen molar-refractivity contribution in [3.8, 4) is 5.75 Å². The molecule has 1 aromatic rings. The van der Waals surface area contributed by atoms with Gasteiger partial charge in [0.2, 0.25) is 0 Å². The highest BCUT2D eigenvalue weighted by Gasteiger charge is 2.24. The zero-order valence-electron chi connectivity index (χ0n) is 11.9. The Balaban J connectivity index is 1.74. The lowest BCUT2D eigenvalue weighted by atomic mass is 9.92. The predicted molar refractivity (Wildman–Crippen MR) is 77.5 cm³/mol. The molecule has 1 aliphatic carbocycles. The van der Waals surface area contributed by atoms with Crippen LogP contribution in [0.2, 0.25) is 0 Å². The summed E-state index contributed by atoms with van der Waals surface area (Å²) in [6.07, 6.45) is 4.14. The molecule has 0 saturated heterocycles. The molecule has 1 fully saturated rings. The van der Waals surface area contributed by atoms with Crippen molar-refractivity contribution in [1.82, 2.24) is 5.32 Å². The molecule has 19 heavy (non-hydrogen) atoms. The Hall–Kier alpha value is -1.06. The monoisotopic (exact) mass is 263 g/mol. The lowest BCUT2D eigenvalue weighted by Crippen LogP contribution is -2.47. The lowest BCUT2D eigenvalue weighted by Gasteiger charge is -2.31. The van der Waals surface area contributed by atoms with Crippen LogP contribution in [0.5, 0.6) is 5.75 Å². The lowest BCUT2D eigenvalue weighted by molar-refractivity contribution is 0.0816. The Kier molecular flexibility index (Phi) is 5.23. The summed E-state index contributed by atoms with van der Waals surface area (Å²) in [7, 11) is 0. The first-order valence-corrected chi connectivity index (χ1v) is 7.29. The molecule has 3 heteroatoms. The molecule has 0 amide bonds. The Labute approximate surface area is 116 Å². The molecule has 2 rings (SSSR count). The van der Waals surface area contributed by atoms with Crippen LogP contribution in [0.15, 0.2) is 24.3 Å². The van der Waals surface area contributed by atoms with Crippen LogP contribution in [-0.2, 0) is 0 Å². The van der Waals surface area contributed by atoms with E-state index in [9.17, 15) is 5.11 Å². The summed E-state index contributed by atoms with van der Waals surface area (Å²) in [4.78, 5) is 0. The van der Waals surface area contributed by atoms with Crippen LogP contribution in [-0.4, -0.2) is 29.9 Å². The molecule has 0 heterocycles. The average Bonchev–Trinajstić information content (AvgIpc) is 2.41. The standard InChI is InChI=1S/C16H25NO2/c1-12-7-9-14(10-8-12)19-11-13(2)17-15-5-3-4-6-16(15)18/h7-10,13,15-18H,3-6,11H2,1-2H3/t13?,15-,16-/m0/s1. The summed E-state index contributed by atoms with van der Waals surface area (Å²) in [6, 6.07) is 8.58. The van der Waals surface area contributed by atoms with Crippen molar-refractivity contribution in [2.45, 2.75) is 57.7 Å². The Morgan fingerprint density at radius 3 is 2.63 bits per heavy atom. The summed E-state index contributed by atoms with van der Waals surface area (Å²) < 4.78 is 5.76. The number of ether oxygens (including phenoxy) is 1. The third kappa shape index (κ3) is 4.51. The molecule has 1 aliphatic rings. The van der Waals surface area contributed by atoms with E-state index in [1.54, 1.807) is 0 Å². The van der Waals surface area contributed by atoms with E-state index in [-0.39, 0.29) is 18.2 Å². The molecule has 1 unspecified atom stereocenters. The Morgan fingerprint density at radius 1 is 1.26 bits per heavy atom. The minimum absolute atomic E-state index is 0.199. The van der Waals surface area contributed by atoms with Gasteiger partial charge in [0.05, 0.1) is 6.10 Å². The number of hydrogen-bond acceptors (Lipinski definition) is 3. The molecule has 106 valence electrons. The highest BCUT2D eigenvalue weighted by Crippen LogP contribution is 2.19. The van der Waals surface area contributed by atoms with Gasteiger partial charge < -0.3 is 15.2 Å². The molecule has 2 N–H and O–H groups in total. The SMILES string of the molecule is Cc1ccc(OCC(C)N[C@H]2CCCC[C@@H]2O)cc1. The number of rotatable bonds is 5. The molecule has 3 nitrogen and oxygen atoms in total. The largest absolute Gasteiger partial charge is 0.492 e. The Morgan fingerprint density at radius 2 is 1.95 bits per heavy atom. The zero-order chi connectivity index (χ0) is 13.7. The minimum Gasteiger partial charge on any atom is -0.492 e. The van der Waals surface area contributed by atoms with Gasteiger partial charge in [-0.25, -0.2) is 0 Å². The van der Waals surface area contributed by atoms with Crippen LogP contribution in [0.1, 0.15) is 38.2 Å². The fraction of sp³-hybridized carbons (Fsp3) is 0.625. The molecule has 1 saturated carbocycles. The molecule has 0 aromatic heterocycles. The maximum atomic E-state index is 9.93. The predicted octanol–water partition coefficient (Wildman–Crippen LogP) is 2.66. The van der Waals surface area contributed by atoms with Crippen molar-refractivity contribution < 1.29 is 9.84 Å². The second-order valence-electron chi connectivity index (χ2n) is 5.65. The fourth-order valence-corrected chi connectivity index (χ4v) is 2.57. The van der Waals surface area contributed by atoms with E-state index < -0.39 is 0 Å². The van der Waals surface area contributed by atoms with Crippen LogP contribution in [0.3, 0.4) is 0 Å². The van der Waals surface area contributed by atoms with E-state index in [4.69, 9.17) is 4.74 Å². The zero-order valence-corrected chi connectivity index (χ0v) is 11.9. The van der Waals surface area contributed by atoms with Gasteiger partial charge in [-0.15, -0.1) is 0 Å². The quantitative estimate of drug-likeness (QED) is 0.858. The van der Waals surface area contributed by atoms with E-state index >= 15 is 0 Å². The molecule has 0 radical (unpaired) electrons. The summed E-state index contributed by atoms with van der Waals surface area (Å²) in [5.74, 6) is 0.906. The number of benzene rings is 1. The van der Waals surface area contributed by atoms with Crippen molar-refractivity contribution in [1.29, 1.82) is 0 Å². The molecule has 1 aromatic carbocycles. The molecule has 0 aliphatic heterocycles. The van der Waals surface area contributed by atoms with Gasteiger partial charge in [0.15, 0.2) is 0 Å². The topological polar surface area (TPSA) is 41.5 Å². The highest BCUT2D eigenvalue weighted by atomic mass is 16.5. The van der Waals surface area contributed by atoms with E-state index in [1.165, 1.54) is 12.0 Å². The third-order valence-electron chi connectivity index (χ3n) is 3.75. The normalized spacial score (nSPS) is 25.0. The minimum atomic E-state index is -0.199. The Bertz CT molecular complexity index is 377. The highest BCUT2D eigenvalue weighted by molar-refractivity contribution is 5.26. The smallest absolute Gasteiger partial charge is 0.119 e. The maximum absolute atomic E-state index is 9.93. The first-order valence-electron chi connectivity index (χ1n) is 7.29. The van der Waals surface area contributed by atoms with E-state index in [2.05, 4.69) is 31.3 Å². The van der Waals surface area contributed by atoms with Gasteiger partial charge in [0.1, 0.15) is 12.4 Å². The van der Waals surface area contributed by atoms with Crippen molar-refractivity contribution in [3.63, 3.8) is 0 Å². The van der Waals surface area contributed by atoms with E-state index in [0.29, 0.717) is 6.61 Å². The fourth-order valence-electron chi connectivity index (χ4n) is 2.57. The number of aliphatic hydroxyl groups is 1. The third-order valence-corrected chi connectivity index (χ3v) is 3.75. The van der Waals surface area contributed by atoms with Gasteiger partial charge in [-0.3, -0.25) is 0 Å². The van der Waals surface area contributed by atoms with Gasteiger partial charge in [-0.05, 0) is 38.8 Å². The average molecular weight is 263 g/mol. The first kappa shape index (κ1) is 14.4. The van der Waals surface area contributed by atoms with Crippen molar-refractivity contribution >= 4 is 0 Å². The number of aliphatic hydroxyl groups excluding tert-OH is 1. The summed E-state index contributed by atoms with van der Waals surface area (Å²) >= 11 is 0. The molecule has 0 bridgehead atoms. The van der Waals surface area contributed by atoms with Crippen molar-refractivity contribution in [2.24, 2.45) is 0 Å². The van der Waals surface area contributed by atoms with Gasteiger partial charge in [-0.1, -0.05) is 30.5 Å². The number of hydrogen-bond donors (Lipinski definition) is 2. The molecule has 3 atom stereocenters. The van der Waals surface area contributed by atoms with Gasteiger partial charge >= 0.3 is 0 Å². The van der Waals surface area contributed by atoms with Crippen LogP contribution in [0.25, 0.3) is 0 Å². The van der Waals surface area contributed by atoms with Crippen molar-refractivity contribution in [3.05, 3.63) is 29.8 Å². The van der Waals surface area contributed by atoms with Crippen LogP contribution in [0.4, 0.5) is 0 Å². The van der Waals surface area contributed by atoms with Gasteiger partial charge in [0.25, 0.3) is 0 Å². The van der Waals surface area contributed by atoms with E-state index in [1.807, 2.05) is 12.1 Å². The first-order chi connectivity index (χ1) is 9.15. The van der Waals surface area contributed by atoms with Crippen molar-refractivity contribution in [2.75, 3.05) is 6.61 Å². The van der Waals surface area contributed by atoms with Crippen LogP contribution < -0.4 is 10.1 Å². The van der Waals surface area contributed by atoms with Crippen LogP contribution in [0, 0.1) is 6.92 Å². The summed E-state index contributed by atoms with van der Waals surface area (Å²) in [5, 5.41) is 13.4. The maximum Gasteiger partial charge on any atom is 0.119 e. The number of aryl methyl sites for hydroxylation is 1. The van der Waals surface area contributed by atoms with Crippen LogP contribution >= 0.6 is 0 Å². The van der Waals surface area contributed by atoms with Gasteiger partial charge in [-0.2, -0.15) is 0 Å². The second-order valence-corrected chi connectivity index (χ2v) is 5.65. The molecule has 0 spiro atoms. The summed E-state index contributed by atoms with van der Waals surface area (Å²) in [6.45, 7) is 4.81. The molecular weight excluding hydrogens is 238 g/mol. The second kappa shape index (κ2) is 6.92.